The van der Waals surface area contributed by atoms with Gasteiger partial charge in [0.2, 0.25) is 0 Å². The van der Waals surface area contributed by atoms with Crippen molar-refractivity contribution in [3.63, 3.8) is 0 Å². The molecule has 3 nitrogen and oxygen atoms in total. The molecule has 26 heavy (non-hydrogen) atoms. The Kier molecular flexibility index (Phi) is 7.06. The summed E-state index contributed by atoms with van der Waals surface area (Å²) < 4.78 is 43.6. The van der Waals surface area contributed by atoms with Crippen LogP contribution in [0.15, 0.2) is 48.5 Å². The molecule has 2 aromatic rings. The van der Waals surface area contributed by atoms with Crippen molar-refractivity contribution in [1.29, 1.82) is 0 Å². The third-order valence-electron chi connectivity index (χ3n) is 3.89. The maximum absolute atomic E-state index is 12.9. The van der Waals surface area contributed by atoms with Crippen LogP contribution in [0.1, 0.15) is 36.1 Å². The van der Waals surface area contributed by atoms with E-state index in [1.54, 1.807) is 42.6 Å². The van der Waals surface area contributed by atoms with Gasteiger partial charge in [-0.3, -0.25) is 4.79 Å². The van der Waals surface area contributed by atoms with Crippen LogP contribution in [-0.2, 0) is 22.3 Å². The first-order valence-corrected chi connectivity index (χ1v) is 8.58. The summed E-state index contributed by atoms with van der Waals surface area (Å²) in [4.78, 5) is 11.9. The third-order valence-corrected chi connectivity index (χ3v) is 4.23. The molecule has 140 valence electrons. The van der Waals surface area contributed by atoms with Gasteiger partial charge in [0.15, 0.2) is 0 Å². The van der Waals surface area contributed by atoms with Gasteiger partial charge in [0.25, 0.3) is 0 Å². The standard InChI is InChI=1S/C19H19ClF3NO2/c1-2-26-18(25)11-17(15-8-3-4-9-16(15)20)24-12-13-6-5-7-14(10-13)19(21,22)23/h3-10,17,24H,2,11-12H2,1H3/p+1/t17-/m0/s1. The minimum absolute atomic E-state index is 0.0799. The highest BCUT2D eigenvalue weighted by Crippen LogP contribution is 2.29. The number of carbonyl (C=O) groups is 1. The zero-order valence-electron chi connectivity index (χ0n) is 14.2. The number of esters is 1. The Hall–Kier alpha value is -2.05. The van der Waals surface area contributed by atoms with Gasteiger partial charge in [0.05, 0.1) is 12.2 Å². The molecule has 7 heteroatoms. The number of nitrogens with two attached hydrogens (primary N) is 1. The van der Waals surface area contributed by atoms with E-state index in [1.165, 1.54) is 6.07 Å². The van der Waals surface area contributed by atoms with Crippen LogP contribution in [0.25, 0.3) is 0 Å². The predicted octanol–water partition coefficient (Wildman–Crippen LogP) is 4.12. The zero-order chi connectivity index (χ0) is 19.2. The maximum Gasteiger partial charge on any atom is 0.416 e. The molecule has 0 aliphatic carbocycles. The number of carbonyl (C=O) groups excluding carboxylic acids is 1. The van der Waals surface area contributed by atoms with Crippen LogP contribution in [-0.4, -0.2) is 12.6 Å². The van der Waals surface area contributed by atoms with Crippen molar-refractivity contribution in [2.45, 2.75) is 32.1 Å². The first-order chi connectivity index (χ1) is 12.3. The molecule has 2 N–H and O–H groups in total. The fraction of sp³-hybridized carbons (Fsp3) is 0.316. The molecule has 1 atom stereocenters. The topological polar surface area (TPSA) is 42.9 Å². The number of hydrogen-bond donors (Lipinski definition) is 1. The van der Waals surface area contributed by atoms with E-state index in [0.717, 1.165) is 17.7 Å². The Labute approximate surface area is 155 Å². The van der Waals surface area contributed by atoms with Crippen molar-refractivity contribution in [3.8, 4) is 0 Å². The van der Waals surface area contributed by atoms with Crippen LogP contribution in [0.3, 0.4) is 0 Å². The van der Waals surface area contributed by atoms with E-state index in [4.69, 9.17) is 16.3 Å². The molecule has 0 spiro atoms. The minimum atomic E-state index is -4.39. The fourth-order valence-electron chi connectivity index (χ4n) is 2.65. The van der Waals surface area contributed by atoms with Gasteiger partial charge < -0.3 is 10.1 Å². The summed E-state index contributed by atoms with van der Waals surface area (Å²) in [6, 6.07) is 11.9. The molecule has 0 aromatic heterocycles. The highest BCUT2D eigenvalue weighted by atomic mass is 35.5. The number of hydrogen-bond acceptors (Lipinski definition) is 2. The van der Waals surface area contributed by atoms with Gasteiger partial charge >= 0.3 is 12.1 Å². The van der Waals surface area contributed by atoms with Gasteiger partial charge in [-0.25, -0.2) is 0 Å². The average Bonchev–Trinajstić information content (AvgIpc) is 2.59. The van der Waals surface area contributed by atoms with Gasteiger partial charge in [-0.2, -0.15) is 13.2 Å². The number of benzene rings is 2. The van der Waals surface area contributed by atoms with Gasteiger partial charge in [-0.1, -0.05) is 41.9 Å². The molecule has 0 heterocycles. The van der Waals surface area contributed by atoms with Gasteiger partial charge in [-0.15, -0.1) is 0 Å². The molecule has 0 saturated carbocycles. The Morgan fingerprint density at radius 3 is 2.58 bits per heavy atom. The second-order valence-corrected chi connectivity index (χ2v) is 6.18. The fourth-order valence-corrected chi connectivity index (χ4v) is 2.92. The van der Waals surface area contributed by atoms with E-state index >= 15 is 0 Å². The minimum Gasteiger partial charge on any atom is -0.466 e. The van der Waals surface area contributed by atoms with Crippen molar-refractivity contribution >= 4 is 17.6 Å². The molecule has 2 aromatic carbocycles. The van der Waals surface area contributed by atoms with Crippen molar-refractivity contribution in [2.75, 3.05) is 6.61 Å². The molecular weight excluding hydrogens is 367 g/mol. The number of halogens is 4. The highest BCUT2D eigenvalue weighted by molar-refractivity contribution is 6.31. The lowest BCUT2D eigenvalue weighted by molar-refractivity contribution is -0.710. The molecule has 0 unspecified atom stereocenters. The third kappa shape index (κ3) is 5.75. The summed E-state index contributed by atoms with van der Waals surface area (Å²) in [6.07, 6.45) is -4.31. The first-order valence-electron chi connectivity index (χ1n) is 8.20. The second kappa shape index (κ2) is 9.05. The maximum atomic E-state index is 12.9. The van der Waals surface area contributed by atoms with E-state index in [2.05, 4.69) is 0 Å². The molecule has 0 bridgehead atoms. The normalized spacial score (nSPS) is 12.7. The van der Waals surface area contributed by atoms with Crippen LogP contribution in [0.4, 0.5) is 13.2 Å². The van der Waals surface area contributed by atoms with Crippen LogP contribution in [0.5, 0.6) is 0 Å². The average molecular weight is 387 g/mol. The molecule has 0 aliphatic heterocycles. The number of ether oxygens (including phenoxy) is 1. The van der Waals surface area contributed by atoms with Crippen LogP contribution >= 0.6 is 11.6 Å². The van der Waals surface area contributed by atoms with Crippen LogP contribution in [0, 0.1) is 0 Å². The van der Waals surface area contributed by atoms with Crippen LogP contribution < -0.4 is 5.32 Å². The van der Waals surface area contributed by atoms with E-state index in [0.29, 0.717) is 10.6 Å². The summed E-state index contributed by atoms with van der Waals surface area (Å²) in [5.41, 5.74) is 0.568. The smallest absolute Gasteiger partial charge is 0.416 e. The van der Waals surface area contributed by atoms with E-state index in [-0.39, 0.29) is 31.6 Å². The first kappa shape index (κ1) is 20.3. The quantitative estimate of drug-likeness (QED) is 0.727. The highest BCUT2D eigenvalue weighted by Gasteiger charge is 2.30. The molecule has 0 fully saturated rings. The largest absolute Gasteiger partial charge is 0.466 e. The summed E-state index contributed by atoms with van der Waals surface area (Å²) in [6.45, 7) is 2.26. The van der Waals surface area contributed by atoms with Crippen molar-refractivity contribution < 1.29 is 28.0 Å². The molecule has 0 aliphatic rings. The summed E-state index contributed by atoms with van der Waals surface area (Å²) in [7, 11) is 0. The number of rotatable bonds is 7. The summed E-state index contributed by atoms with van der Waals surface area (Å²) in [5.74, 6) is -0.377. The lowest BCUT2D eigenvalue weighted by Crippen LogP contribution is -2.84. The second-order valence-electron chi connectivity index (χ2n) is 5.78. The van der Waals surface area contributed by atoms with E-state index in [9.17, 15) is 18.0 Å². The molecule has 0 saturated heterocycles. The van der Waals surface area contributed by atoms with E-state index in [1.807, 2.05) is 0 Å². The molecule has 0 radical (unpaired) electrons. The predicted molar refractivity (Wildman–Crippen MR) is 92.5 cm³/mol. The molecule has 0 amide bonds. The number of quaternary nitrogens is 1. The Bertz CT molecular complexity index is 750. The lowest BCUT2D eigenvalue weighted by Gasteiger charge is -2.17. The Morgan fingerprint density at radius 1 is 1.19 bits per heavy atom. The summed E-state index contributed by atoms with van der Waals surface area (Å²) >= 11 is 6.23. The molecular formula is C19H20ClF3NO2+. The zero-order valence-corrected chi connectivity index (χ0v) is 15.0. The van der Waals surface area contributed by atoms with Gasteiger partial charge in [0, 0.05) is 16.1 Å². The van der Waals surface area contributed by atoms with Gasteiger partial charge in [0.1, 0.15) is 19.0 Å². The summed E-state index contributed by atoms with van der Waals surface area (Å²) in [5, 5.41) is 2.30. The Balaban J connectivity index is 2.17. The SMILES string of the molecule is CCOC(=O)C[C@H]([NH2+]Cc1cccc(C(F)(F)F)c1)c1ccccc1Cl. The van der Waals surface area contributed by atoms with Crippen LogP contribution in [0.2, 0.25) is 5.02 Å². The Morgan fingerprint density at radius 2 is 1.92 bits per heavy atom. The van der Waals surface area contributed by atoms with Crippen molar-refractivity contribution in [1.82, 2.24) is 0 Å². The van der Waals surface area contributed by atoms with E-state index < -0.39 is 11.7 Å². The van der Waals surface area contributed by atoms with Gasteiger partial charge in [-0.05, 0) is 25.1 Å². The molecule has 2 rings (SSSR count). The monoisotopic (exact) mass is 386 g/mol. The number of alkyl halides is 3. The van der Waals surface area contributed by atoms with Crippen molar-refractivity contribution in [3.05, 3.63) is 70.2 Å². The lowest BCUT2D eigenvalue weighted by atomic mass is 10.0. The van der Waals surface area contributed by atoms with Crippen molar-refractivity contribution in [2.24, 2.45) is 0 Å².